The van der Waals surface area contributed by atoms with Gasteiger partial charge in [0, 0.05) is 29.6 Å². The number of hydrogen-bond donors (Lipinski definition) is 0. The standard InChI is InChI=1S/C11H10N4O3S/c1-7-12-13-11(14(7)2)19-10-4-3-9(15(17)18)5-8(10)6-16/h3-6H,1-2H3. The molecular weight excluding hydrogens is 268 g/mol. The van der Waals surface area contributed by atoms with Gasteiger partial charge in [0.2, 0.25) is 0 Å². The maximum atomic E-state index is 11.0. The van der Waals surface area contributed by atoms with Crippen molar-refractivity contribution < 1.29 is 9.72 Å². The molecular formula is C11H10N4O3S. The molecule has 0 atom stereocenters. The largest absolute Gasteiger partial charge is 0.309 e. The van der Waals surface area contributed by atoms with Crippen LogP contribution in [0.4, 0.5) is 5.69 Å². The summed E-state index contributed by atoms with van der Waals surface area (Å²) in [7, 11) is 1.81. The first-order valence-electron chi connectivity index (χ1n) is 5.30. The first-order valence-corrected chi connectivity index (χ1v) is 6.12. The summed E-state index contributed by atoms with van der Waals surface area (Å²) < 4.78 is 1.78. The maximum absolute atomic E-state index is 11.0. The lowest BCUT2D eigenvalue weighted by atomic mass is 10.2. The predicted octanol–water partition coefficient (Wildman–Crippen LogP) is 2.00. The van der Waals surface area contributed by atoms with E-state index in [-0.39, 0.29) is 11.3 Å². The highest BCUT2D eigenvalue weighted by molar-refractivity contribution is 7.99. The highest BCUT2D eigenvalue weighted by Crippen LogP contribution is 2.30. The summed E-state index contributed by atoms with van der Waals surface area (Å²) in [6, 6.07) is 4.15. The summed E-state index contributed by atoms with van der Waals surface area (Å²) in [6.45, 7) is 1.81. The Labute approximate surface area is 112 Å². The number of rotatable bonds is 4. The summed E-state index contributed by atoms with van der Waals surface area (Å²) in [5.74, 6) is 0.747. The zero-order valence-electron chi connectivity index (χ0n) is 10.2. The number of hydrogen-bond acceptors (Lipinski definition) is 6. The lowest BCUT2D eigenvalue weighted by Crippen LogP contribution is -1.95. The van der Waals surface area contributed by atoms with Crippen molar-refractivity contribution in [2.24, 2.45) is 7.05 Å². The highest BCUT2D eigenvalue weighted by atomic mass is 32.2. The van der Waals surface area contributed by atoms with Crippen LogP contribution in [0, 0.1) is 17.0 Å². The molecule has 0 bridgehead atoms. The number of benzene rings is 1. The van der Waals surface area contributed by atoms with E-state index in [4.69, 9.17) is 0 Å². The van der Waals surface area contributed by atoms with Crippen LogP contribution in [0.25, 0.3) is 0 Å². The Kier molecular flexibility index (Phi) is 3.61. The van der Waals surface area contributed by atoms with Gasteiger partial charge in [-0.2, -0.15) is 0 Å². The Morgan fingerprint density at radius 3 is 2.68 bits per heavy atom. The number of carbonyl (C=O) groups excluding carboxylic acids is 1. The molecule has 0 unspecified atom stereocenters. The fourth-order valence-corrected chi connectivity index (χ4v) is 2.32. The number of non-ortho nitro benzene ring substituents is 1. The molecule has 0 spiro atoms. The van der Waals surface area contributed by atoms with Gasteiger partial charge in [0.1, 0.15) is 5.82 Å². The van der Waals surface area contributed by atoms with Crippen LogP contribution in [0.1, 0.15) is 16.2 Å². The van der Waals surface area contributed by atoms with Gasteiger partial charge >= 0.3 is 0 Å². The van der Waals surface area contributed by atoms with Crippen LogP contribution in [0.15, 0.2) is 28.3 Å². The van der Waals surface area contributed by atoms with Crippen molar-refractivity contribution in [3.05, 3.63) is 39.7 Å². The van der Waals surface area contributed by atoms with Crippen LogP contribution in [-0.2, 0) is 7.05 Å². The van der Waals surface area contributed by atoms with Gasteiger partial charge in [-0.05, 0) is 24.8 Å². The minimum Gasteiger partial charge on any atom is -0.309 e. The minimum atomic E-state index is -0.534. The van der Waals surface area contributed by atoms with E-state index in [1.807, 2.05) is 14.0 Å². The molecule has 0 aliphatic carbocycles. The molecule has 0 N–H and O–H groups in total. The van der Waals surface area contributed by atoms with Gasteiger partial charge in [-0.15, -0.1) is 10.2 Å². The van der Waals surface area contributed by atoms with Crippen LogP contribution in [0.2, 0.25) is 0 Å². The van der Waals surface area contributed by atoms with E-state index in [2.05, 4.69) is 10.2 Å². The van der Waals surface area contributed by atoms with Crippen molar-refractivity contribution in [1.29, 1.82) is 0 Å². The molecule has 0 saturated carbocycles. The normalized spacial score (nSPS) is 10.4. The third kappa shape index (κ3) is 2.63. The van der Waals surface area contributed by atoms with Gasteiger partial charge in [0.15, 0.2) is 11.4 Å². The third-order valence-corrected chi connectivity index (χ3v) is 3.71. The lowest BCUT2D eigenvalue weighted by Gasteiger charge is -2.04. The lowest BCUT2D eigenvalue weighted by molar-refractivity contribution is -0.384. The molecule has 0 aliphatic rings. The average Bonchev–Trinajstić information content (AvgIpc) is 2.71. The SMILES string of the molecule is Cc1nnc(Sc2ccc([N+](=O)[O-])cc2C=O)n1C. The second kappa shape index (κ2) is 5.19. The first kappa shape index (κ1) is 13.2. The quantitative estimate of drug-likeness (QED) is 0.482. The molecule has 0 aliphatic heterocycles. The fraction of sp³-hybridized carbons (Fsp3) is 0.182. The Bertz CT molecular complexity index is 653. The van der Waals surface area contributed by atoms with E-state index < -0.39 is 4.92 Å². The van der Waals surface area contributed by atoms with E-state index >= 15 is 0 Å². The number of aryl methyl sites for hydroxylation is 1. The summed E-state index contributed by atoms with van der Waals surface area (Å²) in [6.07, 6.45) is 0.596. The fourth-order valence-electron chi connectivity index (χ4n) is 1.41. The molecule has 98 valence electrons. The number of aromatic nitrogens is 3. The van der Waals surface area contributed by atoms with E-state index in [1.165, 1.54) is 30.0 Å². The molecule has 7 nitrogen and oxygen atoms in total. The van der Waals surface area contributed by atoms with Crippen molar-refractivity contribution >= 4 is 23.7 Å². The summed E-state index contributed by atoms with van der Waals surface area (Å²) >= 11 is 1.24. The zero-order valence-corrected chi connectivity index (χ0v) is 11.0. The van der Waals surface area contributed by atoms with Crippen LogP contribution in [0.5, 0.6) is 0 Å². The van der Waals surface area contributed by atoms with Crippen LogP contribution >= 0.6 is 11.8 Å². The van der Waals surface area contributed by atoms with Crippen molar-refractivity contribution in [2.75, 3.05) is 0 Å². The number of nitro benzene ring substituents is 1. The van der Waals surface area contributed by atoms with Gasteiger partial charge in [0.25, 0.3) is 5.69 Å². The van der Waals surface area contributed by atoms with Crippen molar-refractivity contribution in [1.82, 2.24) is 14.8 Å². The molecule has 0 fully saturated rings. The molecule has 0 saturated heterocycles. The molecule has 1 aromatic carbocycles. The van der Waals surface area contributed by atoms with E-state index in [0.29, 0.717) is 16.3 Å². The number of nitrogens with zero attached hydrogens (tertiary/aromatic N) is 4. The van der Waals surface area contributed by atoms with Crippen LogP contribution in [-0.4, -0.2) is 26.0 Å². The van der Waals surface area contributed by atoms with Crippen molar-refractivity contribution in [3.63, 3.8) is 0 Å². The number of aldehydes is 1. The molecule has 2 rings (SSSR count). The smallest absolute Gasteiger partial charge is 0.270 e. The minimum absolute atomic E-state index is 0.111. The second-order valence-electron chi connectivity index (χ2n) is 3.79. The van der Waals surface area contributed by atoms with Gasteiger partial charge in [-0.25, -0.2) is 0 Å². The topological polar surface area (TPSA) is 90.9 Å². The second-order valence-corrected chi connectivity index (χ2v) is 4.80. The highest BCUT2D eigenvalue weighted by Gasteiger charge is 2.14. The molecule has 19 heavy (non-hydrogen) atoms. The Hall–Kier alpha value is -2.22. The van der Waals surface area contributed by atoms with Gasteiger partial charge in [0.05, 0.1) is 4.92 Å². The monoisotopic (exact) mass is 278 g/mol. The Morgan fingerprint density at radius 2 is 2.16 bits per heavy atom. The van der Waals surface area contributed by atoms with Crippen LogP contribution in [0.3, 0.4) is 0 Å². The molecule has 1 heterocycles. The Morgan fingerprint density at radius 1 is 1.42 bits per heavy atom. The van der Waals surface area contributed by atoms with Crippen molar-refractivity contribution in [3.8, 4) is 0 Å². The molecule has 0 amide bonds. The number of nitro groups is 1. The molecule has 8 heteroatoms. The van der Waals surface area contributed by atoms with Crippen LogP contribution < -0.4 is 0 Å². The Balaban J connectivity index is 2.37. The van der Waals surface area contributed by atoms with Crippen molar-refractivity contribution in [2.45, 2.75) is 17.0 Å². The molecule has 0 radical (unpaired) electrons. The summed E-state index contributed by atoms with van der Waals surface area (Å²) in [4.78, 5) is 21.7. The maximum Gasteiger partial charge on any atom is 0.270 e. The van der Waals surface area contributed by atoms with E-state index in [1.54, 1.807) is 4.57 Å². The van der Waals surface area contributed by atoms with E-state index in [0.717, 1.165) is 5.82 Å². The third-order valence-electron chi connectivity index (χ3n) is 2.59. The van der Waals surface area contributed by atoms with Gasteiger partial charge < -0.3 is 4.57 Å². The van der Waals surface area contributed by atoms with Gasteiger partial charge in [-0.1, -0.05) is 0 Å². The first-order chi connectivity index (χ1) is 9.02. The molecule has 1 aromatic heterocycles. The molecule has 2 aromatic rings. The predicted molar refractivity (Wildman–Crippen MR) is 68.3 cm³/mol. The summed E-state index contributed by atoms with van der Waals surface area (Å²) in [5.41, 5.74) is 0.153. The average molecular weight is 278 g/mol. The summed E-state index contributed by atoms with van der Waals surface area (Å²) in [5, 5.41) is 19.2. The van der Waals surface area contributed by atoms with Gasteiger partial charge in [-0.3, -0.25) is 14.9 Å². The number of carbonyl (C=O) groups is 1. The van der Waals surface area contributed by atoms with E-state index in [9.17, 15) is 14.9 Å². The zero-order chi connectivity index (χ0) is 14.0.